The molecule has 0 aliphatic rings. The minimum absolute atomic E-state index is 0.617. The van der Waals surface area contributed by atoms with Gasteiger partial charge in [0.15, 0.2) is 0 Å². The summed E-state index contributed by atoms with van der Waals surface area (Å²) in [4.78, 5) is 10.3. The number of carbonyl (C=O) groups is 1. The third-order valence-corrected chi connectivity index (χ3v) is 1.35. The molecule has 6 nitrogen and oxygen atoms in total. The number of hydrogen-bond donors (Lipinski definition) is 3. The maximum absolute atomic E-state index is 10.3. The number of nitrogens with zero attached hydrogens (tertiary/aromatic N) is 2. The van der Waals surface area contributed by atoms with Crippen LogP contribution in [0.25, 0.3) is 0 Å². The van der Waals surface area contributed by atoms with Gasteiger partial charge in [-0.25, -0.2) is 5.53 Å². The van der Waals surface area contributed by atoms with Gasteiger partial charge in [0.1, 0.15) is 6.29 Å². The van der Waals surface area contributed by atoms with E-state index >= 15 is 0 Å². The highest BCUT2D eigenvalue weighted by molar-refractivity contribution is 5.75. The Labute approximate surface area is 74.8 Å². The lowest BCUT2D eigenvalue weighted by Gasteiger charge is -2.02. The highest BCUT2D eigenvalue weighted by Crippen LogP contribution is 2.06. The van der Waals surface area contributed by atoms with Crippen LogP contribution in [0.1, 0.15) is 10.4 Å². The topological polar surface area (TPSA) is 91.9 Å². The van der Waals surface area contributed by atoms with Crippen LogP contribution >= 0.6 is 0 Å². The molecule has 6 heteroatoms. The molecule has 0 radical (unpaired) electrons. The molecule has 0 aliphatic carbocycles. The zero-order chi connectivity index (χ0) is 9.52. The lowest BCUT2D eigenvalue weighted by Crippen LogP contribution is -2.14. The van der Waals surface area contributed by atoms with Crippen molar-refractivity contribution in [1.29, 1.82) is 0 Å². The van der Waals surface area contributed by atoms with E-state index in [4.69, 9.17) is 5.84 Å². The van der Waals surface area contributed by atoms with Crippen molar-refractivity contribution in [3.05, 3.63) is 29.8 Å². The van der Waals surface area contributed by atoms with Gasteiger partial charge >= 0.3 is 0 Å². The van der Waals surface area contributed by atoms with Crippen LogP contribution in [0, 0.1) is 0 Å². The fourth-order valence-electron chi connectivity index (χ4n) is 0.763. The second kappa shape index (κ2) is 4.70. The molecule has 13 heavy (non-hydrogen) atoms. The van der Waals surface area contributed by atoms with Crippen LogP contribution < -0.4 is 16.8 Å². The van der Waals surface area contributed by atoms with E-state index in [0.717, 1.165) is 12.0 Å². The fraction of sp³-hybridized carbons (Fsp3) is 0. The van der Waals surface area contributed by atoms with Crippen molar-refractivity contribution in [2.45, 2.75) is 0 Å². The first-order chi connectivity index (χ1) is 6.36. The Morgan fingerprint density at radius 3 is 2.54 bits per heavy atom. The minimum atomic E-state index is 0.617. The number of aldehydes is 1. The normalized spacial score (nSPS) is 9.85. The van der Waals surface area contributed by atoms with Gasteiger partial charge in [-0.3, -0.25) is 10.2 Å². The first-order valence-corrected chi connectivity index (χ1v) is 3.53. The summed E-state index contributed by atoms with van der Waals surface area (Å²) in [7, 11) is 0. The fourth-order valence-corrected chi connectivity index (χ4v) is 0.763. The molecule has 1 rings (SSSR count). The summed E-state index contributed by atoms with van der Waals surface area (Å²) in [6.07, 6.45) is 0.775. The Kier molecular flexibility index (Phi) is 3.25. The highest BCUT2D eigenvalue weighted by atomic mass is 16.1. The number of anilines is 1. The maximum atomic E-state index is 10.3. The number of carbonyl (C=O) groups excluding carboxylic acids is 1. The summed E-state index contributed by atoms with van der Waals surface area (Å²) in [5.41, 5.74) is 6.45. The van der Waals surface area contributed by atoms with Gasteiger partial charge < -0.3 is 5.84 Å². The molecule has 0 aromatic heterocycles. The Morgan fingerprint density at radius 1 is 1.31 bits per heavy atom. The van der Waals surface area contributed by atoms with Crippen LogP contribution in [-0.4, -0.2) is 6.29 Å². The molecule has 0 amide bonds. The van der Waals surface area contributed by atoms with Crippen molar-refractivity contribution < 1.29 is 4.79 Å². The number of nitrogens with two attached hydrogens (primary N) is 1. The van der Waals surface area contributed by atoms with Gasteiger partial charge in [-0.1, -0.05) is 5.22 Å². The van der Waals surface area contributed by atoms with Crippen molar-refractivity contribution in [2.75, 3.05) is 5.43 Å². The quantitative estimate of drug-likeness (QED) is 0.274. The monoisotopic (exact) mass is 179 g/mol. The van der Waals surface area contributed by atoms with E-state index in [-0.39, 0.29) is 0 Å². The largest absolute Gasteiger partial charge is 0.303 e. The van der Waals surface area contributed by atoms with Gasteiger partial charge in [0.2, 0.25) is 0 Å². The van der Waals surface area contributed by atoms with E-state index in [0.29, 0.717) is 5.56 Å². The number of hydrazine groups is 1. The number of rotatable bonds is 4. The summed E-state index contributed by atoms with van der Waals surface area (Å²) in [6, 6.07) is 6.80. The summed E-state index contributed by atoms with van der Waals surface area (Å²) >= 11 is 0. The van der Waals surface area contributed by atoms with Crippen LogP contribution in [0.15, 0.2) is 34.7 Å². The van der Waals surface area contributed by atoms with E-state index < -0.39 is 0 Å². The molecule has 0 heterocycles. The van der Waals surface area contributed by atoms with E-state index in [2.05, 4.69) is 21.4 Å². The van der Waals surface area contributed by atoms with Crippen LogP contribution in [0.5, 0.6) is 0 Å². The molecule has 68 valence electrons. The van der Waals surface area contributed by atoms with Crippen LogP contribution in [-0.2, 0) is 0 Å². The van der Waals surface area contributed by atoms with E-state index in [1.54, 1.807) is 24.3 Å². The predicted molar refractivity (Wildman–Crippen MR) is 47.6 cm³/mol. The van der Waals surface area contributed by atoms with Gasteiger partial charge in [0, 0.05) is 5.56 Å². The summed E-state index contributed by atoms with van der Waals surface area (Å²) in [5.74, 6) is 4.75. The van der Waals surface area contributed by atoms with Gasteiger partial charge in [-0.05, 0) is 29.5 Å². The van der Waals surface area contributed by atoms with Gasteiger partial charge in [-0.15, -0.1) is 0 Å². The van der Waals surface area contributed by atoms with Crippen LogP contribution in [0.4, 0.5) is 5.69 Å². The van der Waals surface area contributed by atoms with Crippen molar-refractivity contribution in [1.82, 2.24) is 5.53 Å². The first-order valence-electron chi connectivity index (χ1n) is 3.53. The van der Waals surface area contributed by atoms with Gasteiger partial charge in [0.25, 0.3) is 0 Å². The average Bonchev–Trinajstić information content (AvgIpc) is 2.19. The SMILES string of the molecule is N/N=N\NNc1ccc(C=O)cc1. The molecule has 0 fully saturated rings. The van der Waals surface area contributed by atoms with Gasteiger partial charge in [0.05, 0.1) is 5.69 Å². The highest BCUT2D eigenvalue weighted by Gasteiger charge is 1.90. The molecule has 0 spiro atoms. The number of benzene rings is 1. The molecular weight excluding hydrogens is 170 g/mol. The van der Waals surface area contributed by atoms with Crippen molar-refractivity contribution in [3.8, 4) is 0 Å². The maximum Gasteiger partial charge on any atom is 0.150 e. The Balaban J connectivity index is 2.53. The summed E-state index contributed by atoms with van der Waals surface area (Å²) in [6.45, 7) is 0. The first kappa shape index (κ1) is 8.98. The third-order valence-electron chi connectivity index (χ3n) is 1.35. The molecular formula is C7H9N5O. The molecule has 0 bridgehead atoms. The molecule has 1 aromatic rings. The average molecular weight is 179 g/mol. The molecule has 0 atom stereocenters. The summed E-state index contributed by atoms with van der Waals surface area (Å²) in [5, 5.41) is 6.26. The Morgan fingerprint density at radius 2 is 2.00 bits per heavy atom. The van der Waals surface area contributed by atoms with Crippen LogP contribution in [0.2, 0.25) is 0 Å². The molecule has 0 saturated heterocycles. The molecule has 1 aromatic carbocycles. The van der Waals surface area contributed by atoms with Gasteiger partial charge in [-0.2, -0.15) is 0 Å². The summed E-state index contributed by atoms with van der Waals surface area (Å²) < 4.78 is 0. The van der Waals surface area contributed by atoms with Crippen molar-refractivity contribution in [3.63, 3.8) is 0 Å². The lowest BCUT2D eigenvalue weighted by atomic mass is 10.2. The predicted octanol–water partition coefficient (Wildman–Crippen LogP) is 0.656. The number of hydrogen-bond acceptors (Lipinski definition) is 4. The smallest absolute Gasteiger partial charge is 0.150 e. The molecule has 0 aliphatic heterocycles. The second-order valence-electron chi connectivity index (χ2n) is 2.19. The van der Waals surface area contributed by atoms with E-state index in [1.807, 2.05) is 0 Å². The van der Waals surface area contributed by atoms with Crippen LogP contribution in [0.3, 0.4) is 0 Å². The lowest BCUT2D eigenvalue weighted by molar-refractivity contribution is 0.112. The Hall–Kier alpha value is -2.11. The molecule has 0 saturated carbocycles. The third kappa shape index (κ3) is 2.78. The zero-order valence-electron chi connectivity index (χ0n) is 6.77. The van der Waals surface area contributed by atoms with E-state index in [9.17, 15) is 4.79 Å². The Bertz CT molecular complexity index is 294. The standard InChI is InChI=1S/C7H9N5O/c8-10-12-11-9-7-3-1-6(5-13)2-4-7/h1-5H,(H,10,11)(H3,8,9,12). The molecule has 0 unspecified atom stereocenters. The molecule has 4 N–H and O–H groups in total. The van der Waals surface area contributed by atoms with E-state index in [1.165, 1.54) is 0 Å². The number of nitrogens with one attached hydrogen (secondary N) is 2. The zero-order valence-corrected chi connectivity index (χ0v) is 6.77. The second-order valence-corrected chi connectivity index (χ2v) is 2.19. The minimum Gasteiger partial charge on any atom is -0.303 e. The van der Waals surface area contributed by atoms with Crippen molar-refractivity contribution >= 4 is 12.0 Å². The van der Waals surface area contributed by atoms with Crippen molar-refractivity contribution in [2.24, 2.45) is 16.3 Å².